The summed E-state index contributed by atoms with van der Waals surface area (Å²) in [5.74, 6) is -0.243. The zero-order valence-electron chi connectivity index (χ0n) is 11.8. The summed E-state index contributed by atoms with van der Waals surface area (Å²) in [7, 11) is 7.69. The Morgan fingerprint density at radius 3 is 2.47 bits per heavy atom. The van der Waals surface area contributed by atoms with Gasteiger partial charge in [0.1, 0.15) is 5.92 Å². The monoisotopic (exact) mass is 441 g/mol. The number of hydrogen-bond acceptors (Lipinski definition) is 2. The van der Waals surface area contributed by atoms with Crippen molar-refractivity contribution in [2.75, 3.05) is 34.8 Å². The molecular formula is C14H21BrINO2. The number of rotatable bonds is 5. The molecule has 5 heteroatoms. The van der Waals surface area contributed by atoms with Gasteiger partial charge in [0, 0.05) is 4.47 Å². The molecule has 0 saturated heterocycles. The molecule has 0 aliphatic rings. The first kappa shape index (κ1) is 18.9. The third kappa shape index (κ3) is 7.27. The van der Waals surface area contributed by atoms with Gasteiger partial charge in [0.25, 0.3) is 0 Å². The van der Waals surface area contributed by atoms with Crippen molar-refractivity contribution in [3.05, 3.63) is 34.3 Å². The van der Waals surface area contributed by atoms with Crippen LogP contribution in [0.1, 0.15) is 5.56 Å². The van der Waals surface area contributed by atoms with Crippen molar-refractivity contribution in [2.24, 2.45) is 5.92 Å². The topological polar surface area (TPSA) is 26.3 Å². The van der Waals surface area contributed by atoms with E-state index in [1.54, 1.807) is 0 Å². The molecule has 0 heterocycles. The van der Waals surface area contributed by atoms with E-state index in [0.29, 0.717) is 6.42 Å². The highest BCUT2D eigenvalue weighted by Crippen LogP contribution is 2.17. The van der Waals surface area contributed by atoms with Crippen LogP contribution in [-0.4, -0.2) is 45.2 Å². The van der Waals surface area contributed by atoms with Gasteiger partial charge in [0.15, 0.2) is 0 Å². The molecule has 19 heavy (non-hydrogen) atoms. The smallest absolute Gasteiger partial charge is 0.314 e. The van der Waals surface area contributed by atoms with Crippen LogP contribution in [-0.2, 0) is 16.0 Å². The quantitative estimate of drug-likeness (QED) is 0.349. The number of halogens is 2. The van der Waals surface area contributed by atoms with Crippen molar-refractivity contribution in [2.45, 2.75) is 6.42 Å². The van der Waals surface area contributed by atoms with Crippen molar-refractivity contribution >= 4 is 21.9 Å². The molecule has 0 aliphatic heterocycles. The van der Waals surface area contributed by atoms with Crippen LogP contribution in [0.3, 0.4) is 0 Å². The third-order valence-electron chi connectivity index (χ3n) is 2.67. The molecule has 3 nitrogen and oxygen atoms in total. The van der Waals surface area contributed by atoms with Crippen LogP contribution in [0, 0.1) is 5.92 Å². The fourth-order valence-electron chi connectivity index (χ4n) is 2.00. The van der Waals surface area contributed by atoms with E-state index in [0.717, 1.165) is 21.1 Å². The average Bonchev–Trinajstić information content (AvgIpc) is 2.25. The first-order chi connectivity index (χ1) is 8.31. The molecule has 0 spiro atoms. The second kappa shape index (κ2) is 8.21. The summed E-state index contributed by atoms with van der Waals surface area (Å²) in [5, 5.41) is 0. The van der Waals surface area contributed by atoms with Crippen LogP contribution < -0.4 is 24.0 Å². The average molecular weight is 442 g/mol. The van der Waals surface area contributed by atoms with Crippen molar-refractivity contribution in [1.82, 2.24) is 0 Å². The molecule has 1 atom stereocenters. The number of nitrogens with zero attached hydrogens (tertiary/aromatic N) is 1. The van der Waals surface area contributed by atoms with Crippen molar-refractivity contribution < 1.29 is 38.0 Å². The predicted octanol–water partition coefficient (Wildman–Crippen LogP) is -0.509. The van der Waals surface area contributed by atoms with E-state index < -0.39 is 0 Å². The van der Waals surface area contributed by atoms with Crippen molar-refractivity contribution in [1.29, 1.82) is 0 Å². The molecule has 1 unspecified atom stereocenters. The fourth-order valence-corrected chi connectivity index (χ4v) is 2.45. The second-order valence-electron chi connectivity index (χ2n) is 5.53. The largest absolute Gasteiger partial charge is 1.00 e. The highest BCUT2D eigenvalue weighted by molar-refractivity contribution is 9.10. The van der Waals surface area contributed by atoms with Crippen molar-refractivity contribution in [3.8, 4) is 0 Å². The minimum atomic E-state index is -0.136. The fraction of sp³-hybridized carbons (Fsp3) is 0.500. The van der Waals surface area contributed by atoms with Gasteiger partial charge in [0.2, 0.25) is 0 Å². The summed E-state index contributed by atoms with van der Waals surface area (Å²) in [5.41, 5.74) is 1.15. The van der Waals surface area contributed by atoms with Gasteiger partial charge in [-0.15, -0.1) is 0 Å². The first-order valence-electron chi connectivity index (χ1n) is 5.94. The Morgan fingerprint density at radius 2 is 2.00 bits per heavy atom. The first-order valence-corrected chi connectivity index (χ1v) is 6.74. The lowest BCUT2D eigenvalue weighted by molar-refractivity contribution is -0.872. The van der Waals surface area contributed by atoms with E-state index in [2.05, 4.69) is 37.1 Å². The van der Waals surface area contributed by atoms with E-state index >= 15 is 0 Å². The maximum Gasteiger partial charge on any atom is 0.314 e. The Hall–Kier alpha value is -0.140. The Morgan fingerprint density at radius 1 is 1.37 bits per heavy atom. The van der Waals surface area contributed by atoms with Crippen LogP contribution >= 0.6 is 15.9 Å². The summed E-state index contributed by atoms with van der Waals surface area (Å²) < 4.78 is 6.68. The molecule has 0 bridgehead atoms. The number of esters is 1. The minimum Gasteiger partial charge on any atom is -1.00 e. The molecule has 1 rings (SSSR count). The molecule has 108 valence electrons. The summed E-state index contributed by atoms with van der Waals surface area (Å²) >= 11 is 3.45. The lowest BCUT2D eigenvalue weighted by Crippen LogP contribution is -3.00. The van der Waals surface area contributed by atoms with Crippen LogP contribution in [0.5, 0.6) is 0 Å². The Labute approximate surface area is 141 Å². The SMILES string of the molecule is COC(=O)C(Cc1cccc(Br)c1)C[N+](C)(C)C.[I-]. The predicted molar refractivity (Wildman–Crippen MR) is 76.3 cm³/mol. The van der Waals surface area contributed by atoms with Gasteiger partial charge in [-0.05, 0) is 24.1 Å². The molecular weight excluding hydrogens is 421 g/mol. The molecule has 1 aromatic carbocycles. The highest BCUT2D eigenvalue weighted by atomic mass is 127. The van der Waals surface area contributed by atoms with E-state index in [4.69, 9.17) is 4.74 Å². The number of quaternary nitrogens is 1. The number of carbonyl (C=O) groups excluding carboxylic acids is 1. The van der Waals surface area contributed by atoms with Gasteiger partial charge >= 0.3 is 5.97 Å². The zero-order chi connectivity index (χ0) is 13.8. The van der Waals surface area contributed by atoms with Gasteiger partial charge in [-0.2, -0.15) is 0 Å². The van der Waals surface area contributed by atoms with Gasteiger partial charge in [-0.25, -0.2) is 0 Å². The van der Waals surface area contributed by atoms with Gasteiger partial charge in [-0.3, -0.25) is 4.79 Å². The van der Waals surface area contributed by atoms with Crippen LogP contribution in [0.2, 0.25) is 0 Å². The summed E-state index contributed by atoms with van der Waals surface area (Å²) in [6, 6.07) is 8.05. The molecule has 0 aromatic heterocycles. The van der Waals surface area contributed by atoms with E-state index in [9.17, 15) is 4.79 Å². The maximum absolute atomic E-state index is 11.8. The third-order valence-corrected chi connectivity index (χ3v) is 3.17. The molecule has 0 saturated carbocycles. The van der Waals surface area contributed by atoms with E-state index in [1.807, 2.05) is 24.3 Å². The number of carbonyl (C=O) groups is 1. The summed E-state index contributed by atoms with van der Waals surface area (Å²) in [6.45, 7) is 0.763. The molecule has 0 amide bonds. The normalized spacial score (nSPS) is 12.5. The zero-order valence-corrected chi connectivity index (χ0v) is 15.6. The number of benzene rings is 1. The summed E-state index contributed by atoms with van der Waals surface area (Å²) in [6.07, 6.45) is 0.710. The molecule has 0 aliphatic carbocycles. The maximum atomic E-state index is 11.8. The molecule has 0 radical (unpaired) electrons. The van der Waals surface area contributed by atoms with Gasteiger partial charge < -0.3 is 33.2 Å². The van der Waals surface area contributed by atoms with E-state index in [-0.39, 0.29) is 35.9 Å². The number of hydrogen-bond donors (Lipinski definition) is 0. The van der Waals surface area contributed by atoms with Crippen LogP contribution in [0.25, 0.3) is 0 Å². The lowest BCUT2D eigenvalue weighted by Gasteiger charge is -2.28. The Bertz CT molecular complexity index is 418. The van der Waals surface area contributed by atoms with E-state index in [1.165, 1.54) is 7.11 Å². The van der Waals surface area contributed by atoms with Gasteiger partial charge in [-0.1, -0.05) is 28.1 Å². The standard InChI is InChI=1S/C14H21BrNO2.HI/c1-16(2,3)10-12(14(17)18-4)8-11-6-5-7-13(15)9-11;/h5-7,9,12H,8,10H2,1-4H3;1H/q+1;/p-1. The molecule has 0 N–H and O–H groups in total. The van der Waals surface area contributed by atoms with Crippen LogP contribution in [0.4, 0.5) is 0 Å². The number of ether oxygens (including phenoxy) is 1. The Balaban J connectivity index is 0.00000324. The molecule has 1 aromatic rings. The minimum absolute atomic E-state index is 0. The summed E-state index contributed by atoms with van der Waals surface area (Å²) in [4.78, 5) is 11.8. The Kier molecular flexibility index (Phi) is 8.15. The molecule has 0 fully saturated rings. The van der Waals surface area contributed by atoms with Crippen molar-refractivity contribution in [3.63, 3.8) is 0 Å². The number of methoxy groups -OCH3 is 1. The van der Waals surface area contributed by atoms with Crippen LogP contribution in [0.15, 0.2) is 28.7 Å². The lowest BCUT2D eigenvalue weighted by atomic mass is 9.98. The second-order valence-corrected chi connectivity index (χ2v) is 6.44. The van der Waals surface area contributed by atoms with Gasteiger partial charge in [0.05, 0.1) is 34.8 Å². The highest BCUT2D eigenvalue weighted by Gasteiger charge is 2.26.